The molecule has 0 unspecified atom stereocenters. The second kappa shape index (κ2) is 9.43. The van der Waals surface area contributed by atoms with E-state index < -0.39 is 11.6 Å². The van der Waals surface area contributed by atoms with Gasteiger partial charge >= 0.3 is 5.97 Å². The summed E-state index contributed by atoms with van der Waals surface area (Å²) < 4.78 is 5.75. The van der Waals surface area contributed by atoms with Crippen molar-refractivity contribution in [3.8, 4) is 0 Å². The fraction of sp³-hybridized carbons (Fsp3) is 0.476. The SMILES string of the molecule is CCCCCCCCOC1(C(=O)O)C=CC(c2ccccc2)C=C1. The second-order valence-corrected chi connectivity index (χ2v) is 6.37. The van der Waals surface area contributed by atoms with Crippen LogP contribution in [0, 0.1) is 0 Å². The van der Waals surface area contributed by atoms with E-state index in [0.717, 1.165) is 18.4 Å². The van der Waals surface area contributed by atoms with Gasteiger partial charge in [0.15, 0.2) is 0 Å². The summed E-state index contributed by atoms with van der Waals surface area (Å²) in [6.45, 7) is 2.67. The van der Waals surface area contributed by atoms with Crippen LogP contribution in [0.4, 0.5) is 0 Å². The molecule has 24 heavy (non-hydrogen) atoms. The van der Waals surface area contributed by atoms with Gasteiger partial charge in [-0.25, -0.2) is 4.79 Å². The first-order valence-electron chi connectivity index (χ1n) is 8.99. The smallest absolute Gasteiger partial charge is 0.344 e. The van der Waals surface area contributed by atoms with Crippen LogP contribution in [0.5, 0.6) is 0 Å². The highest BCUT2D eigenvalue weighted by Gasteiger charge is 2.36. The van der Waals surface area contributed by atoms with E-state index in [1.54, 1.807) is 12.2 Å². The van der Waals surface area contributed by atoms with Gasteiger partial charge in [-0.15, -0.1) is 0 Å². The van der Waals surface area contributed by atoms with Gasteiger partial charge in [-0.1, -0.05) is 81.5 Å². The van der Waals surface area contributed by atoms with Crippen LogP contribution in [-0.2, 0) is 9.53 Å². The van der Waals surface area contributed by atoms with Crippen molar-refractivity contribution in [1.82, 2.24) is 0 Å². The van der Waals surface area contributed by atoms with Crippen LogP contribution in [0.15, 0.2) is 54.6 Å². The minimum Gasteiger partial charge on any atom is -0.479 e. The number of aliphatic carboxylic acids is 1. The number of hydrogen-bond donors (Lipinski definition) is 1. The number of ether oxygens (including phenoxy) is 1. The van der Waals surface area contributed by atoms with Crippen LogP contribution >= 0.6 is 0 Å². The number of carboxylic acids is 1. The lowest BCUT2D eigenvalue weighted by molar-refractivity contribution is -0.154. The topological polar surface area (TPSA) is 46.5 Å². The molecule has 1 aliphatic carbocycles. The third kappa shape index (κ3) is 5.07. The lowest BCUT2D eigenvalue weighted by atomic mass is 9.88. The molecule has 0 amide bonds. The van der Waals surface area contributed by atoms with Crippen molar-refractivity contribution in [1.29, 1.82) is 0 Å². The first kappa shape index (κ1) is 18.5. The number of rotatable bonds is 10. The van der Waals surface area contributed by atoms with Crippen LogP contribution in [-0.4, -0.2) is 23.3 Å². The van der Waals surface area contributed by atoms with E-state index in [1.165, 1.54) is 25.7 Å². The summed E-state index contributed by atoms with van der Waals surface area (Å²) in [7, 11) is 0. The second-order valence-electron chi connectivity index (χ2n) is 6.37. The fourth-order valence-electron chi connectivity index (χ4n) is 2.93. The molecule has 0 heterocycles. The molecule has 1 aromatic rings. The summed E-state index contributed by atoms with van der Waals surface area (Å²) >= 11 is 0. The minimum atomic E-state index is -1.31. The molecule has 3 heteroatoms. The maximum atomic E-state index is 11.7. The van der Waals surface area contributed by atoms with Crippen molar-refractivity contribution in [2.75, 3.05) is 6.61 Å². The van der Waals surface area contributed by atoms with Crippen molar-refractivity contribution in [2.45, 2.75) is 57.0 Å². The van der Waals surface area contributed by atoms with E-state index in [-0.39, 0.29) is 5.92 Å². The zero-order valence-electron chi connectivity index (χ0n) is 14.5. The number of allylic oxidation sites excluding steroid dienone is 2. The van der Waals surface area contributed by atoms with Gasteiger partial charge < -0.3 is 9.84 Å². The lowest BCUT2D eigenvalue weighted by Crippen LogP contribution is -2.39. The summed E-state index contributed by atoms with van der Waals surface area (Å²) in [6.07, 6.45) is 14.2. The summed E-state index contributed by atoms with van der Waals surface area (Å²) in [5, 5.41) is 9.59. The molecule has 0 atom stereocenters. The lowest BCUT2D eigenvalue weighted by Gasteiger charge is -2.27. The van der Waals surface area contributed by atoms with Crippen LogP contribution in [0.1, 0.15) is 56.9 Å². The van der Waals surface area contributed by atoms with E-state index in [9.17, 15) is 9.90 Å². The average molecular weight is 328 g/mol. The first-order valence-corrected chi connectivity index (χ1v) is 8.99. The molecule has 3 nitrogen and oxygen atoms in total. The molecule has 0 saturated heterocycles. The van der Waals surface area contributed by atoms with E-state index in [2.05, 4.69) is 6.92 Å². The zero-order valence-corrected chi connectivity index (χ0v) is 14.5. The van der Waals surface area contributed by atoms with Crippen molar-refractivity contribution in [3.05, 3.63) is 60.2 Å². The van der Waals surface area contributed by atoms with Crippen LogP contribution < -0.4 is 0 Å². The standard InChI is InChI=1S/C21H28O3/c1-2-3-4-5-6-10-17-24-21(20(22)23)15-13-19(14-16-21)18-11-8-7-9-12-18/h7-9,11-16,19H,2-6,10,17H2,1H3,(H,22,23). The van der Waals surface area contributed by atoms with Gasteiger partial charge in [0.1, 0.15) is 0 Å². The Morgan fingerprint density at radius 2 is 1.67 bits per heavy atom. The first-order chi connectivity index (χ1) is 11.7. The molecule has 1 N–H and O–H groups in total. The largest absolute Gasteiger partial charge is 0.479 e. The van der Waals surface area contributed by atoms with Gasteiger partial charge in [-0.05, 0) is 24.1 Å². The molecule has 0 spiro atoms. The number of benzene rings is 1. The highest BCUT2D eigenvalue weighted by Crippen LogP contribution is 2.29. The Morgan fingerprint density at radius 1 is 1.04 bits per heavy atom. The number of carboxylic acid groups (broad SMARTS) is 1. The molecule has 0 saturated carbocycles. The van der Waals surface area contributed by atoms with E-state index in [1.807, 2.05) is 42.5 Å². The molecular weight excluding hydrogens is 300 g/mol. The number of carbonyl (C=O) groups is 1. The minimum absolute atomic E-state index is 0.108. The van der Waals surface area contributed by atoms with Gasteiger partial charge in [-0.2, -0.15) is 0 Å². The summed E-state index contributed by atoms with van der Waals surface area (Å²) in [4.78, 5) is 11.7. The Kier molecular flexibility index (Phi) is 7.26. The Balaban J connectivity index is 1.86. The summed E-state index contributed by atoms with van der Waals surface area (Å²) in [5.74, 6) is -0.844. The van der Waals surface area contributed by atoms with Crippen LogP contribution in [0.2, 0.25) is 0 Å². The Morgan fingerprint density at radius 3 is 2.29 bits per heavy atom. The molecule has 1 aliphatic rings. The van der Waals surface area contributed by atoms with Crippen molar-refractivity contribution >= 4 is 5.97 Å². The Bertz CT molecular complexity index is 546. The normalized spacial score (nSPS) is 22.6. The highest BCUT2D eigenvalue weighted by molar-refractivity contribution is 5.83. The average Bonchev–Trinajstić information content (AvgIpc) is 2.62. The number of hydrogen-bond acceptors (Lipinski definition) is 2. The molecule has 0 aliphatic heterocycles. The maximum absolute atomic E-state index is 11.7. The predicted octanol–water partition coefficient (Wildman–Crippen LogP) is 5.10. The Labute approximate surface area is 145 Å². The molecule has 130 valence electrons. The number of unbranched alkanes of at least 4 members (excludes halogenated alkanes) is 5. The van der Waals surface area contributed by atoms with E-state index >= 15 is 0 Å². The molecule has 1 aromatic carbocycles. The zero-order chi connectivity index (χ0) is 17.3. The molecular formula is C21H28O3. The van der Waals surface area contributed by atoms with Gasteiger partial charge in [0, 0.05) is 12.5 Å². The van der Waals surface area contributed by atoms with Gasteiger partial charge in [0.25, 0.3) is 0 Å². The third-order valence-electron chi connectivity index (χ3n) is 4.46. The van der Waals surface area contributed by atoms with Crippen molar-refractivity contribution < 1.29 is 14.6 Å². The maximum Gasteiger partial charge on any atom is 0.344 e. The molecule has 2 rings (SSSR count). The van der Waals surface area contributed by atoms with Crippen LogP contribution in [0.25, 0.3) is 0 Å². The fourth-order valence-corrected chi connectivity index (χ4v) is 2.93. The highest BCUT2D eigenvalue weighted by atomic mass is 16.5. The van der Waals surface area contributed by atoms with E-state index in [4.69, 9.17) is 4.74 Å². The van der Waals surface area contributed by atoms with Crippen LogP contribution in [0.3, 0.4) is 0 Å². The summed E-state index contributed by atoms with van der Waals surface area (Å²) in [5.41, 5.74) is -0.158. The quantitative estimate of drug-likeness (QED) is 0.480. The van der Waals surface area contributed by atoms with Crippen molar-refractivity contribution in [3.63, 3.8) is 0 Å². The predicted molar refractivity (Wildman–Crippen MR) is 97.2 cm³/mol. The van der Waals surface area contributed by atoms with E-state index in [0.29, 0.717) is 6.61 Å². The molecule has 0 aromatic heterocycles. The van der Waals surface area contributed by atoms with Gasteiger partial charge in [0.2, 0.25) is 5.60 Å². The molecule has 0 fully saturated rings. The molecule has 0 radical (unpaired) electrons. The third-order valence-corrected chi connectivity index (χ3v) is 4.46. The monoisotopic (exact) mass is 328 g/mol. The Hall–Kier alpha value is -1.87. The summed E-state index contributed by atoms with van der Waals surface area (Å²) in [6, 6.07) is 10.1. The molecule has 0 bridgehead atoms. The van der Waals surface area contributed by atoms with Gasteiger partial charge in [0.05, 0.1) is 0 Å². The van der Waals surface area contributed by atoms with Crippen molar-refractivity contribution in [2.24, 2.45) is 0 Å². The van der Waals surface area contributed by atoms with Gasteiger partial charge in [-0.3, -0.25) is 0 Å².